The first-order valence-corrected chi connectivity index (χ1v) is 6.00. The molecule has 1 aromatic carbocycles. The summed E-state index contributed by atoms with van der Waals surface area (Å²) in [5.41, 5.74) is 0.190. The van der Waals surface area contributed by atoms with E-state index in [1.807, 2.05) is 13.8 Å². The van der Waals surface area contributed by atoms with Gasteiger partial charge in [-0.25, -0.2) is 8.78 Å². The zero-order valence-corrected chi connectivity index (χ0v) is 11.6. The third-order valence-corrected chi connectivity index (χ3v) is 3.46. The van der Waals surface area contributed by atoms with E-state index in [-0.39, 0.29) is 36.0 Å². The highest BCUT2D eigenvalue weighted by atomic mass is 35.5. The molecule has 1 heterocycles. The molecule has 0 aliphatic carbocycles. The molecule has 0 spiro atoms. The topological polar surface area (TPSA) is 32.3 Å². The van der Waals surface area contributed by atoms with Crippen molar-refractivity contribution >= 4 is 18.3 Å². The highest BCUT2D eigenvalue weighted by Crippen LogP contribution is 2.15. The Bertz CT molecular complexity index is 470. The maximum absolute atomic E-state index is 13.1. The maximum atomic E-state index is 13.1. The molecule has 0 radical (unpaired) electrons. The summed E-state index contributed by atoms with van der Waals surface area (Å²) >= 11 is 0. The molecule has 1 N–H and O–H groups in total. The lowest BCUT2D eigenvalue weighted by Crippen LogP contribution is -2.57. The van der Waals surface area contributed by atoms with Crippen molar-refractivity contribution in [2.24, 2.45) is 0 Å². The quantitative estimate of drug-likeness (QED) is 0.860. The molecule has 6 heteroatoms. The van der Waals surface area contributed by atoms with Gasteiger partial charge in [-0.05, 0) is 32.0 Å². The molecule has 2 unspecified atom stereocenters. The third-order valence-electron chi connectivity index (χ3n) is 3.46. The van der Waals surface area contributed by atoms with Gasteiger partial charge in [0.15, 0.2) is 11.6 Å². The Morgan fingerprint density at radius 2 is 2.00 bits per heavy atom. The summed E-state index contributed by atoms with van der Waals surface area (Å²) in [5.74, 6) is -2.18. The van der Waals surface area contributed by atoms with Gasteiger partial charge in [0.25, 0.3) is 5.91 Å². The van der Waals surface area contributed by atoms with E-state index in [1.165, 1.54) is 6.07 Å². The summed E-state index contributed by atoms with van der Waals surface area (Å²) in [5, 5.41) is 3.26. The Morgan fingerprint density at radius 1 is 1.32 bits per heavy atom. The molecule has 19 heavy (non-hydrogen) atoms. The number of rotatable bonds is 1. The Morgan fingerprint density at radius 3 is 2.63 bits per heavy atom. The minimum Gasteiger partial charge on any atom is -0.333 e. The normalized spacial score (nSPS) is 22.8. The third kappa shape index (κ3) is 3.22. The number of nitrogens with zero attached hydrogens (tertiary/aromatic N) is 1. The van der Waals surface area contributed by atoms with Crippen LogP contribution < -0.4 is 5.32 Å². The van der Waals surface area contributed by atoms with Gasteiger partial charge in [-0.15, -0.1) is 12.4 Å². The Kier molecular flexibility index (Phi) is 5.26. The van der Waals surface area contributed by atoms with E-state index >= 15 is 0 Å². The van der Waals surface area contributed by atoms with Crippen molar-refractivity contribution < 1.29 is 13.6 Å². The lowest BCUT2D eigenvalue weighted by atomic mass is 10.1. The zero-order chi connectivity index (χ0) is 13.3. The first kappa shape index (κ1) is 15.9. The second-order valence-corrected chi connectivity index (χ2v) is 4.61. The van der Waals surface area contributed by atoms with Crippen molar-refractivity contribution in [3.05, 3.63) is 35.4 Å². The largest absolute Gasteiger partial charge is 0.333 e. The number of piperazine rings is 1. The van der Waals surface area contributed by atoms with Crippen molar-refractivity contribution in [1.29, 1.82) is 0 Å². The predicted octanol–water partition coefficient (Wildman–Crippen LogP) is 2.21. The zero-order valence-electron chi connectivity index (χ0n) is 10.8. The lowest BCUT2D eigenvalue weighted by molar-refractivity contribution is 0.0602. The van der Waals surface area contributed by atoms with Crippen LogP contribution in [0.5, 0.6) is 0 Å². The number of amides is 1. The Labute approximate surface area is 117 Å². The summed E-state index contributed by atoms with van der Waals surface area (Å²) < 4.78 is 26.0. The van der Waals surface area contributed by atoms with Gasteiger partial charge in [0.2, 0.25) is 0 Å². The number of halogens is 3. The van der Waals surface area contributed by atoms with E-state index < -0.39 is 11.6 Å². The molecule has 1 aliphatic rings. The number of carbonyl (C=O) groups excluding carboxylic acids is 1. The number of hydrogen-bond acceptors (Lipinski definition) is 2. The summed E-state index contributed by atoms with van der Waals surface area (Å²) in [6.45, 7) is 5.22. The van der Waals surface area contributed by atoms with Gasteiger partial charge in [0.05, 0.1) is 0 Å². The lowest BCUT2D eigenvalue weighted by Gasteiger charge is -2.38. The molecular formula is C13H17ClF2N2O. The van der Waals surface area contributed by atoms with Gasteiger partial charge in [-0.3, -0.25) is 4.79 Å². The number of benzene rings is 1. The number of nitrogens with one attached hydrogen (secondary N) is 1. The van der Waals surface area contributed by atoms with Crippen molar-refractivity contribution in [2.45, 2.75) is 25.9 Å². The van der Waals surface area contributed by atoms with E-state index in [2.05, 4.69) is 5.32 Å². The number of carbonyl (C=O) groups is 1. The van der Waals surface area contributed by atoms with Gasteiger partial charge in [-0.1, -0.05) is 0 Å². The minimum absolute atomic E-state index is 0. The molecule has 1 aromatic rings. The summed E-state index contributed by atoms with van der Waals surface area (Å²) in [7, 11) is 0. The van der Waals surface area contributed by atoms with Crippen molar-refractivity contribution in [2.75, 3.05) is 13.1 Å². The average Bonchev–Trinajstić information content (AvgIpc) is 2.35. The fourth-order valence-corrected chi connectivity index (χ4v) is 2.14. The first-order valence-electron chi connectivity index (χ1n) is 6.00. The van der Waals surface area contributed by atoms with Crippen LogP contribution in [-0.4, -0.2) is 36.0 Å². The maximum Gasteiger partial charge on any atom is 0.254 e. The monoisotopic (exact) mass is 290 g/mol. The van der Waals surface area contributed by atoms with Crippen LogP contribution in [0.15, 0.2) is 18.2 Å². The second kappa shape index (κ2) is 6.30. The summed E-state index contributed by atoms with van der Waals surface area (Å²) in [4.78, 5) is 13.9. The van der Waals surface area contributed by atoms with Crippen LogP contribution >= 0.6 is 12.4 Å². The molecule has 0 saturated carbocycles. The van der Waals surface area contributed by atoms with Gasteiger partial charge >= 0.3 is 0 Å². The van der Waals surface area contributed by atoms with Crippen LogP contribution in [0.4, 0.5) is 8.78 Å². The highest BCUT2D eigenvalue weighted by Gasteiger charge is 2.28. The smallest absolute Gasteiger partial charge is 0.254 e. The van der Waals surface area contributed by atoms with E-state index in [4.69, 9.17) is 0 Å². The first-order chi connectivity index (χ1) is 8.50. The molecule has 3 nitrogen and oxygen atoms in total. The highest BCUT2D eigenvalue weighted by molar-refractivity contribution is 5.94. The van der Waals surface area contributed by atoms with Gasteiger partial charge in [0.1, 0.15) is 0 Å². The van der Waals surface area contributed by atoms with E-state index in [1.54, 1.807) is 4.90 Å². The van der Waals surface area contributed by atoms with Gasteiger partial charge in [-0.2, -0.15) is 0 Å². The second-order valence-electron chi connectivity index (χ2n) is 4.61. The molecular weight excluding hydrogens is 274 g/mol. The van der Waals surface area contributed by atoms with Crippen molar-refractivity contribution in [1.82, 2.24) is 10.2 Å². The van der Waals surface area contributed by atoms with Crippen LogP contribution in [0.3, 0.4) is 0 Å². The molecule has 1 aliphatic heterocycles. The predicted molar refractivity (Wildman–Crippen MR) is 71.6 cm³/mol. The minimum atomic E-state index is -0.989. The van der Waals surface area contributed by atoms with E-state index in [0.717, 1.165) is 12.1 Å². The van der Waals surface area contributed by atoms with Crippen LogP contribution in [0.2, 0.25) is 0 Å². The molecule has 2 atom stereocenters. The average molecular weight is 291 g/mol. The summed E-state index contributed by atoms with van der Waals surface area (Å²) in [6.07, 6.45) is 0. The Hall–Kier alpha value is -1.20. The van der Waals surface area contributed by atoms with Gasteiger partial charge < -0.3 is 10.2 Å². The standard InChI is InChI=1S/C13H16F2N2O.ClH/c1-8-9(2)17(6-5-16-8)13(18)10-3-4-11(14)12(15)7-10;/h3-4,7-9,16H,5-6H2,1-2H3;1H. The van der Waals surface area contributed by atoms with Crippen molar-refractivity contribution in [3.63, 3.8) is 0 Å². The molecule has 106 valence electrons. The molecule has 1 fully saturated rings. The fraction of sp³-hybridized carbons (Fsp3) is 0.462. The fourth-order valence-electron chi connectivity index (χ4n) is 2.14. The Balaban J connectivity index is 0.00000180. The molecule has 0 aromatic heterocycles. The molecule has 1 saturated heterocycles. The van der Waals surface area contributed by atoms with Crippen LogP contribution in [0.25, 0.3) is 0 Å². The van der Waals surface area contributed by atoms with Gasteiger partial charge in [0, 0.05) is 30.7 Å². The molecule has 0 bridgehead atoms. The van der Waals surface area contributed by atoms with Crippen LogP contribution in [-0.2, 0) is 0 Å². The van der Waals surface area contributed by atoms with Crippen LogP contribution in [0, 0.1) is 11.6 Å². The summed E-state index contributed by atoms with van der Waals surface area (Å²) in [6, 6.07) is 3.48. The van der Waals surface area contributed by atoms with E-state index in [9.17, 15) is 13.6 Å². The molecule has 2 rings (SSSR count). The van der Waals surface area contributed by atoms with Crippen LogP contribution in [0.1, 0.15) is 24.2 Å². The SMILES string of the molecule is CC1NCCN(C(=O)c2ccc(F)c(F)c2)C1C.Cl. The molecule has 1 amide bonds. The number of hydrogen-bond donors (Lipinski definition) is 1. The van der Waals surface area contributed by atoms with Crippen molar-refractivity contribution in [3.8, 4) is 0 Å². The van der Waals surface area contributed by atoms with E-state index in [0.29, 0.717) is 13.1 Å².